The molecule has 0 fully saturated rings. The van der Waals surface area contributed by atoms with E-state index < -0.39 is 17.6 Å². The van der Waals surface area contributed by atoms with Crippen LogP contribution in [-0.2, 0) is 12.7 Å². The van der Waals surface area contributed by atoms with Gasteiger partial charge in [-0.05, 0) is 37.3 Å². The fourth-order valence-corrected chi connectivity index (χ4v) is 2.80. The van der Waals surface area contributed by atoms with Gasteiger partial charge in [0.25, 0.3) is 5.91 Å². The van der Waals surface area contributed by atoms with Crippen molar-refractivity contribution in [2.45, 2.75) is 19.6 Å². The number of nitrogens with zero attached hydrogens (tertiary/aromatic N) is 4. The maximum Gasteiger partial charge on any atom is 0.416 e. The van der Waals surface area contributed by atoms with E-state index in [4.69, 9.17) is 4.42 Å². The van der Waals surface area contributed by atoms with Crippen LogP contribution in [-0.4, -0.2) is 25.4 Å². The largest absolute Gasteiger partial charge is 0.467 e. The molecule has 0 atom stereocenters. The third-order valence-corrected chi connectivity index (χ3v) is 4.21. The molecule has 3 aromatic heterocycles. The molecule has 0 spiro atoms. The van der Waals surface area contributed by atoms with Crippen LogP contribution in [0.25, 0.3) is 11.0 Å². The third-order valence-electron chi connectivity index (χ3n) is 4.21. The SMILES string of the molecule is Cc1cnc(C(=O)Nc2nc3cc(C(F)(F)F)ccc3n2Cc2ccco2)cn1. The summed E-state index contributed by atoms with van der Waals surface area (Å²) in [5.41, 5.74) is 0.390. The van der Waals surface area contributed by atoms with E-state index in [2.05, 4.69) is 20.3 Å². The van der Waals surface area contributed by atoms with Crippen LogP contribution in [0.4, 0.5) is 19.1 Å². The number of aryl methyl sites for hydroxylation is 1. The van der Waals surface area contributed by atoms with Gasteiger partial charge in [0.2, 0.25) is 5.95 Å². The molecule has 148 valence electrons. The predicted molar refractivity (Wildman–Crippen MR) is 97.3 cm³/mol. The molecule has 0 saturated heterocycles. The van der Waals surface area contributed by atoms with Crippen molar-refractivity contribution >= 4 is 22.9 Å². The summed E-state index contributed by atoms with van der Waals surface area (Å²) in [7, 11) is 0. The summed E-state index contributed by atoms with van der Waals surface area (Å²) in [5, 5.41) is 2.59. The van der Waals surface area contributed by atoms with Crippen LogP contribution in [0.2, 0.25) is 0 Å². The second-order valence-corrected chi connectivity index (χ2v) is 6.30. The molecular weight excluding hydrogens is 387 g/mol. The molecule has 0 radical (unpaired) electrons. The van der Waals surface area contributed by atoms with E-state index in [-0.39, 0.29) is 23.7 Å². The summed E-state index contributed by atoms with van der Waals surface area (Å²) in [5.74, 6) is 0.0440. The predicted octanol–water partition coefficient (Wildman–Crippen LogP) is 4.05. The number of alkyl halides is 3. The van der Waals surface area contributed by atoms with Gasteiger partial charge in [-0.15, -0.1) is 0 Å². The highest BCUT2D eigenvalue weighted by Gasteiger charge is 2.31. The van der Waals surface area contributed by atoms with E-state index in [0.717, 1.165) is 12.1 Å². The lowest BCUT2D eigenvalue weighted by atomic mass is 10.2. The average molecular weight is 401 g/mol. The minimum Gasteiger partial charge on any atom is -0.467 e. The number of carbonyl (C=O) groups excluding carboxylic acids is 1. The van der Waals surface area contributed by atoms with Gasteiger partial charge in [0, 0.05) is 6.20 Å². The fraction of sp³-hybridized carbons (Fsp3) is 0.158. The van der Waals surface area contributed by atoms with Crippen molar-refractivity contribution in [3.63, 3.8) is 0 Å². The Hall–Kier alpha value is -3.69. The number of fused-ring (bicyclic) bond motifs is 1. The van der Waals surface area contributed by atoms with Crippen molar-refractivity contribution in [3.8, 4) is 0 Å². The van der Waals surface area contributed by atoms with E-state index in [1.807, 2.05) is 0 Å². The number of amides is 1. The molecule has 4 rings (SSSR count). The molecule has 29 heavy (non-hydrogen) atoms. The van der Waals surface area contributed by atoms with Crippen LogP contribution in [0.1, 0.15) is 27.5 Å². The summed E-state index contributed by atoms with van der Waals surface area (Å²) in [6.45, 7) is 1.90. The molecular formula is C19H14F3N5O2. The molecule has 1 amide bonds. The van der Waals surface area contributed by atoms with Crippen LogP contribution in [0.3, 0.4) is 0 Å². The minimum absolute atomic E-state index is 0.0585. The molecule has 0 aliphatic heterocycles. The molecule has 10 heteroatoms. The monoisotopic (exact) mass is 401 g/mol. The van der Waals surface area contributed by atoms with E-state index in [1.165, 1.54) is 24.7 Å². The highest BCUT2D eigenvalue weighted by Crippen LogP contribution is 2.32. The molecule has 0 aliphatic carbocycles. The number of halogens is 3. The summed E-state index contributed by atoms with van der Waals surface area (Å²) < 4.78 is 46.1. The maximum absolute atomic E-state index is 13.1. The molecule has 0 saturated carbocycles. The van der Waals surface area contributed by atoms with Gasteiger partial charge in [-0.25, -0.2) is 9.97 Å². The first kappa shape index (κ1) is 18.7. The van der Waals surface area contributed by atoms with Crippen LogP contribution in [0.15, 0.2) is 53.4 Å². The lowest BCUT2D eigenvalue weighted by Gasteiger charge is -2.09. The second kappa shape index (κ2) is 7.04. The standard InChI is InChI=1S/C19H14F3N5O2/c1-11-8-24-15(9-23-11)17(28)26-18-25-14-7-12(19(20,21)22)4-5-16(14)27(18)10-13-3-2-6-29-13/h2-9H,10H2,1H3,(H,25,26,28). The summed E-state index contributed by atoms with van der Waals surface area (Å²) in [6, 6.07) is 6.63. The van der Waals surface area contributed by atoms with E-state index in [9.17, 15) is 18.0 Å². The second-order valence-electron chi connectivity index (χ2n) is 6.30. The number of furan rings is 1. The number of hydrogen-bond acceptors (Lipinski definition) is 5. The zero-order valence-electron chi connectivity index (χ0n) is 15.1. The van der Waals surface area contributed by atoms with Crippen molar-refractivity contribution in [2.24, 2.45) is 0 Å². The Morgan fingerprint density at radius 1 is 1.21 bits per heavy atom. The van der Waals surface area contributed by atoms with Gasteiger partial charge in [0.05, 0.1) is 41.3 Å². The lowest BCUT2D eigenvalue weighted by Crippen LogP contribution is -2.18. The molecule has 0 aliphatic rings. The Morgan fingerprint density at radius 3 is 2.69 bits per heavy atom. The van der Waals surface area contributed by atoms with Crippen molar-refractivity contribution < 1.29 is 22.4 Å². The lowest BCUT2D eigenvalue weighted by molar-refractivity contribution is -0.137. The number of hydrogen-bond donors (Lipinski definition) is 1. The van der Waals surface area contributed by atoms with Crippen molar-refractivity contribution in [2.75, 3.05) is 5.32 Å². The summed E-state index contributed by atoms with van der Waals surface area (Å²) in [4.78, 5) is 24.7. The van der Waals surface area contributed by atoms with Crippen molar-refractivity contribution in [1.82, 2.24) is 19.5 Å². The van der Waals surface area contributed by atoms with Gasteiger partial charge in [-0.2, -0.15) is 13.2 Å². The highest BCUT2D eigenvalue weighted by molar-refractivity contribution is 6.02. The zero-order chi connectivity index (χ0) is 20.6. The quantitative estimate of drug-likeness (QED) is 0.558. The minimum atomic E-state index is -4.50. The van der Waals surface area contributed by atoms with Crippen molar-refractivity contribution in [3.05, 3.63) is 71.7 Å². The zero-order valence-corrected chi connectivity index (χ0v) is 15.1. The number of aromatic nitrogens is 4. The number of imidazole rings is 1. The number of nitrogens with one attached hydrogen (secondary N) is 1. The normalized spacial score (nSPS) is 11.7. The number of anilines is 1. The smallest absolute Gasteiger partial charge is 0.416 e. The number of rotatable bonds is 4. The third kappa shape index (κ3) is 3.82. The van der Waals surface area contributed by atoms with Crippen LogP contribution >= 0.6 is 0 Å². The van der Waals surface area contributed by atoms with Crippen LogP contribution < -0.4 is 5.32 Å². The molecule has 3 heterocycles. The Labute approximate surface area is 162 Å². The number of benzene rings is 1. The summed E-state index contributed by atoms with van der Waals surface area (Å²) >= 11 is 0. The molecule has 0 bridgehead atoms. The van der Waals surface area contributed by atoms with Gasteiger partial charge in [0.15, 0.2) is 0 Å². The topological polar surface area (TPSA) is 85.8 Å². The van der Waals surface area contributed by atoms with Gasteiger partial charge < -0.3 is 8.98 Å². The first-order valence-corrected chi connectivity index (χ1v) is 8.51. The molecule has 7 nitrogen and oxygen atoms in total. The molecule has 4 aromatic rings. The van der Waals surface area contributed by atoms with Gasteiger partial charge in [-0.3, -0.25) is 15.1 Å². The van der Waals surface area contributed by atoms with Gasteiger partial charge in [0.1, 0.15) is 11.5 Å². The molecule has 0 unspecified atom stereocenters. The Kier molecular flexibility index (Phi) is 4.53. The number of carbonyl (C=O) groups is 1. The highest BCUT2D eigenvalue weighted by atomic mass is 19.4. The van der Waals surface area contributed by atoms with Gasteiger partial charge >= 0.3 is 6.18 Å². The molecule has 1 N–H and O–H groups in total. The fourth-order valence-electron chi connectivity index (χ4n) is 2.80. The first-order chi connectivity index (χ1) is 13.8. The van der Waals surface area contributed by atoms with Gasteiger partial charge in [-0.1, -0.05) is 0 Å². The Morgan fingerprint density at radius 2 is 2.03 bits per heavy atom. The first-order valence-electron chi connectivity index (χ1n) is 8.51. The van der Waals surface area contributed by atoms with E-state index in [0.29, 0.717) is 17.0 Å². The molecule has 1 aromatic carbocycles. The van der Waals surface area contributed by atoms with Crippen LogP contribution in [0, 0.1) is 6.92 Å². The summed E-state index contributed by atoms with van der Waals surface area (Å²) in [6.07, 6.45) is -0.265. The van der Waals surface area contributed by atoms with E-state index in [1.54, 1.807) is 23.6 Å². The maximum atomic E-state index is 13.1. The Bertz CT molecular complexity index is 1170. The Balaban J connectivity index is 1.75. The average Bonchev–Trinajstić information content (AvgIpc) is 3.30. The van der Waals surface area contributed by atoms with Crippen molar-refractivity contribution in [1.29, 1.82) is 0 Å². The van der Waals surface area contributed by atoms with Crippen LogP contribution in [0.5, 0.6) is 0 Å². The van der Waals surface area contributed by atoms with E-state index >= 15 is 0 Å².